The number of nitrogens with zero attached hydrogens (tertiary/aromatic N) is 3. The van der Waals surface area contributed by atoms with Crippen molar-refractivity contribution >= 4 is 22.6 Å². The van der Waals surface area contributed by atoms with Gasteiger partial charge in [-0.1, -0.05) is 24.3 Å². The Morgan fingerprint density at radius 1 is 1.00 bits per heavy atom. The smallest absolute Gasteiger partial charge is 0.227 e. The highest BCUT2D eigenvalue weighted by atomic mass is 19.1. The van der Waals surface area contributed by atoms with E-state index in [0.717, 1.165) is 28.4 Å². The minimum Gasteiger partial charge on any atom is -0.497 e. The molecular formula is C26H24FN3O3. The number of anilines is 1. The van der Waals surface area contributed by atoms with Gasteiger partial charge in [0.25, 0.3) is 0 Å². The Labute approximate surface area is 191 Å². The van der Waals surface area contributed by atoms with Crippen LogP contribution in [0.2, 0.25) is 0 Å². The number of amides is 1. The number of aromatic nitrogens is 2. The van der Waals surface area contributed by atoms with Crippen molar-refractivity contribution in [1.82, 2.24) is 9.55 Å². The van der Waals surface area contributed by atoms with Gasteiger partial charge in [0.15, 0.2) is 0 Å². The van der Waals surface area contributed by atoms with Crippen molar-refractivity contribution in [2.45, 2.75) is 18.9 Å². The van der Waals surface area contributed by atoms with Crippen LogP contribution < -0.4 is 14.4 Å². The number of hydrogen-bond donors (Lipinski definition) is 0. The number of benzene rings is 3. The molecular weight excluding hydrogens is 421 g/mol. The minimum atomic E-state index is -0.395. The standard InChI is InChI=1S/C26H24FN3O3/c1-32-19-10-12-20(13-11-19)33-15-14-29-24-9-5-3-7-22(24)28-26(29)18-16-25(31)30(17-18)23-8-4-2-6-21(23)27/h2-13,18H,14-17H2,1H3/t18-/m1/s1. The van der Waals surface area contributed by atoms with Gasteiger partial charge in [0.1, 0.15) is 29.7 Å². The molecule has 4 aromatic rings. The van der Waals surface area contributed by atoms with E-state index < -0.39 is 5.82 Å². The van der Waals surface area contributed by atoms with Crippen molar-refractivity contribution in [1.29, 1.82) is 0 Å². The summed E-state index contributed by atoms with van der Waals surface area (Å²) in [7, 11) is 1.63. The van der Waals surface area contributed by atoms with E-state index in [1.807, 2.05) is 48.5 Å². The molecule has 2 heterocycles. The molecule has 1 fully saturated rings. The number of methoxy groups -OCH3 is 1. The van der Waals surface area contributed by atoms with Crippen LogP contribution in [-0.4, -0.2) is 35.7 Å². The van der Waals surface area contributed by atoms with Crippen LogP contribution in [-0.2, 0) is 11.3 Å². The Bertz CT molecular complexity index is 1290. The van der Waals surface area contributed by atoms with Gasteiger partial charge < -0.3 is 18.9 Å². The highest BCUT2D eigenvalue weighted by Gasteiger charge is 2.35. The molecule has 5 rings (SSSR count). The van der Waals surface area contributed by atoms with Crippen molar-refractivity contribution < 1.29 is 18.7 Å². The second-order valence-corrected chi connectivity index (χ2v) is 7.99. The molecule has 1 aromatic heterocycles. The molecule has 0 aliphatic carbocycles. The number of carbonyl (C=O) groups is 1. The second kappa shape index (κ2) is 8.94. The molecule has 3 aromatic carbocycles. The number of imidazole rings is 1. The quantitative estimate of drug-likeness (QED) is 0.411. The molecule has 1 aliphatic heterocycles. The predicted octanol–water partition coefficient (Wildman–Crippen LogP) is 4.78. The van der Waals surface area contributed by atoms with E-state index in [1.54, 1.807) is 25.3 Å². The van der Waals surface area contributed by atoms with Crippen molar-refractivity contribution in [3.8, 4) is 11.5 Å². The summed E-state index contributed by atoms with van der Waals surface area (Å²) in [4.78, 5) is 19.1. The van der Waals surface area contributed by atoms with Crippen molar-refractivity contribution in [3.05, 3.63) is 84.4 Å². The third-order valence-corrected chi connectivity index (χ3v) is 5.96. The maximum Gasteiger partial charge on any atom is 0.227 e. The molecule has 1 saturated heterocycles. The lowest BCUT2D eigenvalue weighted by Gasteiger charge is -2.18. The number of para-hydroxylation sites is 3. The topological polar surface area (TPSA) is 56.6 Å². The molecule has 0 unspecified atom stereocenters. The van der Waals surface area contributed by atoms with Gasteiger partial charge in [-0.05, 0) is 48.5 Å². The molecule has 0 spiro atoms. The predicted molar refractivity (Wildman–Crippen MR) is 124 cm³/mol. The van der Waals surface area contributed by atoms with Gasteiger partial charge in [0.05, 0.1) is 30.4 Å². The first-order valence-corrected chi connectivity index (χ1v) is 10.9. The van der Waals surface area contributed by atoms with E-state index in [-0.39, 0.29) is 18.2 Å². The zero-order chi connectivity index (χ0) is 22.8. The van der Waals surface area contributed by atoms with Gasteiger partial charge in [0.2, 0.25) is 5.91 Å². The lowest BCUT2D eigenvalue weighted by Crippen LogP contribution is -2.25. The van der Waals surface area contributed by atoms with Crippen LogP contribution in [0.25, 0.3) is 11.0 Å². The lowest BCUT2D eigenvalue weighted by atomic mass is 10.1. The molecule has 1 aliphatic rings. The Morgan fingerprint density at radius 3 is 2.52 bits per heavy atom. The average molecular weight is 445 g/mol. The van der Waals surface area contributed by atoms with Gasteiger partial charge in [-0.15, -0.1) is 0 Å². The number of halogens is 1. The summed E-state index contributed by atoms with van der Waals surface area (Å²) in [6.45, 7) is 1.41. The third-order valence-electron chi connectivity index (χ3n) is 5.96. The Morgan fingerprint density at radius 2 is 1.73 bits per heavy atom. The van der Waals surface area contributed by atoms with Gasteiger partial charge in [-0.3, -0.25) is 4.79 Å². The maximum absolute atomic E-state index is 14.3. The number of rotatable bonds is 7. The summed E-state index contributed by atoms with van der Waals surface area (Å²) in [6.07, 6.45) is 0.289. The Balaban J connectivity index is 1.38. The first-order chi connectivity index (χ1) is 16.1. The molecule has 1 atom stereocenters. The van der Waals surface area contributed by atoms with Crippen LogP contribution in [0.3, 0.4) is 0 Å². The minimum absolute atomic E-state index is 0.0989. The lowest BCUT2D eigenvalue weighted by molar-refractivity contribution is -0.117. The molecule has 7 heteroatoms. The van der Waals surface area contributed by atoms with E-state index >= 15 is 0 Å². The Hall–Kier alpha value is -3.87. The van der Waals surface area contributed by atoms with E-state index in [0.29, 0.717) is 25.4 Å². The summed E-state index contributed by atoms with van der Waals surface area (Å²) in [5.41, 5.74) is 2.17. The summed E-state index contributed by atoms with van der Waals surface area (Å²) in [6, 6.07) is 21.7. The van der Waals surface area contributed by atoms with Crippen LogP contribution in [0, 0.1) is 5.82 Å². The van der Waals surface area contributed by atoms with E-state index in [9.17, 15) is 9.18 Å². The number of fused-ring (bicyclic) bond motifs is 1. The van der Waals surface area contributed by atoms with Crippen LogP contribution in [0.5, 0.6) is 11.5 Å². The number of carbonyl (C=O) groups excluding carboxylic acids is 1. The van der Waals surface area contributed by atoms with Crippen molar-refractivity contribution in [3.63, 3.8) is 0 Å². The third kappa shape index (κ3) is 4.14. The molecule has 33 heavy (non-hydrogen) atoms. The summed E-state index contributed by atoms with van der Waals surface area (Å²) in [5, 5.41) is 0. The summed E-state index contributed by atoms with van der Waals surface area (Å²) >= 11 is 0. The summed E-state index contributed by atoms with van der Waals surface area (Å²) < 4.78 is 27.6. The first-order valence-electron chi connectivity index (χ1n) is 10.9. The normalized spacial score (nSPS) is 15.9. The van der Waals surface area contributed by atoms with Crippen LogP contribution in [0.4, 0.5) is 10.1 Å². The molecule has 0 saturated carbocycles. The highest BCUT2D eigenvalue weighted by Crippen LogP contribution is 2.34. The van der Waals surface area contributed by atoms with Crippen molar-refractivity contribution in [2.75, 3.05) is 25.2 Å². The van der Waals surface area contributed by atoms with Crippen molar-refractivity contribution in [2.24, 2.45) is 0 Å². The van der Waals surface area contributed by atoms with E-state index in [2.05, 4.69) is 4.57 Å². The zero-order valence-electron chi connectivity index (χ0n) is 18.3. The van der Waals surface area contributed by atoms with Crippen LogP contribution in [0.15, 0.2) is 72.8 Å². The van der Waals surface area contributed by atoms with E-state index in [4.69, 9.17) is 14.5 Å². The Kier molecular flexibility index (Phi) is 5.69. The maximum atomic E-state index is 14.3. The number of hydrogen-bond acceptors (Lipinski definition) is 4. The fourth-order valence-corrected chi connectivity index (χ4v) is 4.35. The fourth-order valence-electron chi connectivity index (χ4n) is 4.35. The molecule has 168 valence electrons. The van der Waals surface area contributed by atoms with Gasteiger partial charge in [-0.25, -0.2) is 9.37 Å². The first kappa shape index (κ1) is 21.0. The zero-order valence-corrected chi connectivity index (χ0v) is 18.3. The van der Waals surface area contributed by atoms with E-state index in [1.165, 1.54) is 11.0 Å². The van der Waals surface area contributed by atoms with Crippen LogP contribution in [0.1, 0.15) is 18.2 Å². The summed E-state index contributed by atoms with van der Waals surface area (Å²) in [5.74, 6) is 1.72. The monoisotopic (exact) mass is 445 g/mol. The molecule has 0 radical (unpaired) electrons. The van der Waals surface area contributed by atoms with Gasteiger partial charge in [0, 0.05) is 18.9 Å². The SMILES string of the molecule is COc1ccc(OCCn2c([C@@H]3CC(=O)N(c4ccccc4F)C3)nc3ccccc32)cc1. The molecule has 6 nitrogen and oxygen atoms in total. The fraction of sp³-hybridized carbons (Fsp3) is 0.231. The number of ether oxygens (including phenoxy) is 2. The van der Waals surface area contributed by atoms with Gasteiger partial charge >= 0.3 is 0 Å². The second-order valence-electron chi connectivity index (χ2n) is 7.99. The highest BCUT2D eigenvalue weighted by molar-refractivity contribution is 5.96. The largest absolute Gasteiger partial charge is 0.497 e. The van der Waals surface area contributed by atoms with Crippen LogP contribution >= 0.6 is 0 Å². The molecule has 0 N–H and O–H groups in total. The average Bonchev–Trinajstić information content (AvgIpc) is 3.40. The molecule has 1 amide bonds. The molecule has 0 bridgehead atoms. The van der Waals surface area contributed by atoms with Gasteiger partial charge in [-0.2, -0.15) is 0 Å².